The molecule has 7 fully saturated rings. The van der Waals surface area contributed by atoms with Crippen LogP contribution in [0.15, 0.2) is 54.6 Å². The van der Waals surface area contributed by atoms with Gasteiger partial charge in [-0.05, 0) is 203 Å². The molecule has 3 radical (unpaired) electrons. The van der Waals surface area contributed by atoms with E-state index in [1.54, 1.807) is 21.3 Å². The second-order valence-corrected chi connectivity index (χ2v) is 40.5. The third kappa shape index (κ3) is 23.7. The molecule has 30 nitrogen and oxygen atoms in total. The Balaban J connectivity index is 0.000000188. The number of rotatable bonds is 8. The summed E-state index contributed by atoms with van der Waals surface area (Å²) in [6.07, 6.45) is 23.6. The Hall–Kier alpha value is -8.54. The quantitative estimate of drug-likeness (QED) is 0.0941. The first-order chi connectivity index (χ1) is 61.2. The van der Waals surface area contributed by atoms with Crippen LogP contribution in [0.4, 0.5) is 14.4 Å². The van der Waals surface area contributed by atoms with Gasteiger partial charge < -0.3 is 87.7 Å². The van der Waals surface area contributed by atoms with E-state index >= 15 is 0 Å². The van der Waals surface area contributed by atoms with E-state index in [0.717, 1.165) is 143 Å². The first kappa shape index (κ1) is 103. The second kappa shape index (κ2) is 43.9. The van der Waals surface area contributed by atoms with Gasteiger partial charge in [-0.15, -0.1) is 0 Å². The van der Waals surface area contributed by atoms with Gasteiger partial charge >= 0.3 is 18.3 Å². The molecule has 0 spiro atoms. The van der Waals surface area contributed by atoms with E-state index in [4.69, 9.17) is 72.5 Å². The number of nitrogens with zero attached hydrogens (tertiary/aromatic N) is 9. The standard InChI is InChI=1S/C34H45N4O6.C34H47N4O6.C30H39N4O6.3V/c1-6-21-27(18-39)38-17-29(21)43-31-25(35-24-13-12-20(42-5)16-26(24)36-31)11-9-7-8-10-22-23-14-19(23)15-28(22)44-33(41)37-30(32(38)40)34(2,3)4;1-7-23-27(20-39)38-19-28(23)43-30-25(35-24-16-15-22(42-6)18-26(24)36-30)14-10-8-9-12-21-13-11-17-34(21,5)44-32(41)37-29(31(38)40)33(2,3)4;1-17-23(16-35)34-15-25(17)39-27-21(31-20-12-11-19(38-5)14-22(20)32-27)10-8-6-7-9-18-13-24(18)40-29(37)33-26(28(34)36)30(2,3)4;;;/h12-13,16,19,21-23,27-30H,6-11,14-15,17H2,1-5H3,(H,37,41);15-16,18,21,23,27-29H,7-14,17,19H2,1-6H3,(H,37,41);11-12,14,17-18,23-26H,6-10,13,15H2,1-5H3,(H,33,37);;;/q3*-1;;;/t19?,21-,22+,23?,27+,28+,29-,30+;21-,23+,27-,28+,29-,34-;17-,18+,23+,24+,25-,26+;;;/m010.../s1. The van der Waals surface area contributed by atoms with E-state index in [2.05, 4.69) is 28.5 Å². The van der Waals surface area contributed by atoms with Gasteiger partial charge in [0, 0.05) is 73.9 Å². The van der Waals surface area contributed by atoms with Crippen molar-refractivity contribution >= 4 is 88.0 Å². The van der Waals surface area contributed by atoms with Gasteiger partial charge in [0.1, 0.15) is 88.6 Å². The minimum Gasteiger partial charge on any atom is -0.540 e. The Morgan fingerprint density at radius 3 is 1.21 bits per heavy atom. The predicted octanol–water partition coefficient (Wildman–Crippen LogP) is 14.5. The van der Waals surface area contributed by atoms with Crippen molar-refractivity contribution in [1.29, 1.82) is 0 Å². The van der Waals surface area contributed by atoms with Gasteiger partial charge in [0.25, 0.3) is 0 Å². The molecule has 16 rings (SSSR count). The average Bonchev–Trinajstić information content (AvgIpc) is 1.60. The third-order valence-electron chi connectivity index (χ3n) is 28.5. The number of carbonyl (C=O) groups excluding carboxylic acids is 9. The summed E-state index contributed by atoms with van der Waals surface area (Å²) in [5, 5.41) is 8.60. The maximum atomic E-state index is 14.2. The summed E-state index contributed by atoms with van der Waals surface area (Å²) in [6.45, 7) is 25.4. The maximum Gasteiger partial charge on any atom is 0.408 e. The summed E-state index contributed by atoms with van der Waals surface area (Å²) in [7, 11) is 4.82. The number of carbonyl (C=O) groups is 6. The SMILES string of the molecule is CC[C@@H]1[C@@H]2CN(C(=O)[C@H](C(C)(C)C)NC(=O)O[C@@H]3CC4CC4[C@H]3CCCCCc3nc4ccc(OC)cc4nc3O2)[C@@H]1[C-]=O.CC[C@@H]1[C@@H]2CN(C(=O)[C@H](C(C)(C)C)NC(=O)O[C@]3(C)CCC[C@H]3CCCCCc3nc4ccc(OC)cc4nc3O2)[C@@H]1[C-]=O.COc1ccc2nc3c(nc2c1)O[C@H]1CN(C(=O)[C@H](C(C)(C)C)NC(=O)O[C@@H]2C[C@H]2CCCCC3)[C@H]([C-]=O)[C@@H]1C.[V].[V].[V]. The molecule has 131 heavy (non-hydrogen) atoms. The van der Waals surface area contributed by atoms with Gasteiger partial charge in [0.15, 0.2) is 0 Å². The summed E-state index contributed by atoms with van der Waals surface area (Å²) in [5.74, 6) is 3.48. The first-order valence-corrected chi connectivity index (χ1v) is 46.7. The number of methoxy groups -OCH3 is 3. The van der Waals surface area contributed by atoms with E-state index in [0.29, 0.717) is 107 Å². The molecular weight excluding hydrogens is 1790 g/mol. The number of hydrogen-bond donors (Lipinski definition) is 3. The van der Waals surface area contributed by atoms with Gasteiger partial charge in [0.05, 0.1) is 74.1 Å². The van der Waals surface area contributed by atoms with Crippen LogP contribution in [0.25, 0.3) is 33.1 Å². The Labute approximate surface area is 805 Å². The predicted molar refractivity (Wildman–Crippen MR) is 478 cm³/mol. The van der Waals surface area contributed by atoms with Gasteiger partial charge in [-0.3, -0.25) is 14.4 Å². The Kier molecular flexibility index (Phi) is 34.5. The van der Waals surface area contributed by atoms with Crippen molar-refractivity contribution in [3.05, 3.63) is 71.7 Å². The van der Waals surface area contributed by atoms with E-state index in [1.807, 2.05) is 151 Å². The van der Waals surface area contributed by atoms with Crippen LogP contribution in [0.2, 0.25) is 0 Å². The summed E-state index contributed by atoms with van der Waals surface area (Å²) in [4.78, 5) is 153. The molecule has 3 saturated heterocycles. The molecule has 33 heteroatoms. The molecule has 9 heterocycles. The molecule has 6 aromatic rings. The molecule has 6 aliphatic heterocycles. The van der Waals surface area contributed by atoms with E-state index < -0.39 is 94.7 Å². The Morgan fingerprint density at radius 1 is 0.420 bits per heavy atom. The number of amides is 6. The van der Waals surface area contributed by atoms with Gasteiger partial charge in [-0.25, -0.2) is 63.1 Å². The second-order valence-electron chi connectivity index (χ2n) is 40.5. The van der Waals surface area contributed by atoms with Crippen molar-refractivity contribution < 1.29 is 141 Å². The first-order valence-electron chi connectivity index (χ1n) is 46.7. The molecule has 3 aromatic carbocycles. The fraction of sp³-hybridized carbons (Fsp3) is 0.663. The van der Waals surface area contributed by atoms with E-state index in [-0.39, 0.29) is 129 Å². The summed E-state index contributed by atoms with van der Waals surface area (Å²) >= 11 is 0. The molecule has 3 aromatic heterocycles. The van der Waals surface area contributed by atoms with E-state index in [9.17, 15) is 43.2 Å². The molecule has 6 amide bonds. The monoisotopic (exact) mass is 1920 g/mol. The molecule has 2 unspecified atom stereocenters. The zero-order chi connectivity index (χ0) is 91.4. The maximum absolute atomic E-state index is 14.2. The molecule has 3 N–H and O–H groups in total. The number of benzene rings is 3. The molecular formula is C98H131N12O18V3-3. The normalized spacial score (nSPS) is 30.2. The minimum absolute atomic E-state index is 0. The number of aryl methyl sites for hydroxylation is 3. The van der Waals surface area contributed by atoms with Gasteiger partial charge in [0.2, 0.25) is 35.4 Å². The summed E-state index contributed by atoms with van der Waals surface area (Å²) in [6, 6.07) is 11.6. The van der Waals surface area contributed by atoms with Crippen molar-refractivity contribution in [3.8, 4) is 34.9 Å². The van der Waals surface area contributed by atoms with Crippen molar-refractivity contribution in [3.63, 3.8) is 0 Å². The van der Waals surface area contributed by atoms with Crippen LogP contribution in [0, 0.1) is 63.6 Å². The van der Waals surface area contributed by atoms with Crippen molar-refractivity contribution in [2.75, 3.05) is 41.0 Å². The number of fused-ring (bicyclic) bond motifs is 17. The number of aromatic nitrogens is 6. The Bertz CT molecular complexity index is 4950. The van der Waals surface area contributed by atoms with Crippen molar-refractivity contribution in [2.24, 2.45) is 63.6 Å². The topological polar surface area (TPSA) is 360 Å². The van der Waals surface area contributed by atoms with Gasteiger partial charge in [-0.1, -0.05) is 153 Å². The summed E-state index contributed by atoms with van der Waals surface area (Å²) < 4.78 is 53.7. The van der Waals surface area contributed by atoms with Crippen LogP contribution in [-0.2, 0) is 118 Å². The largest absolute Gasteiger partial charge is 0.540 e. The Morgan fingerprint density at radius 2 is 0.794 bits per heavy atom. The van der Waals surface area contributed by atoms with Crippen LogP contribution in [-0.4, -0.2) is 213 Å². The molecule has 4 aliphatic carbocycles. The fourth-order valence-corrected chi connectivity index (χ4v) is 20.8. The van der Waals surface area contributed by atoms with Crippen molar-refractivity contribution in [1.82, 2.24) is 60.6 Å². The smallest absolute Gasteiger partial charge is 0.408 e. The van der Waals surface area contributed by atoms with Crippen molar-refractivity contribution in [2.45, 2.75) is 310 Å². The number of alkyl carbamates (subject to hydrolysis) is 3. The number of nitrogens with one attached hydrogen (secondary N) is 3. The zero-order valence-electron chi connectivity index (χ0n) is 78.8. The van der Waals surface area contributed by atoms with Crippen LogP contribution in [0.3, 0.4) is 0 Å². The summed E-state index contributed by atoms with van der Waals surface area (Å²) in [5.41, 5.74) is 4.06. The molecule has 20 atom stereocenters. The minimum atomic E-state index is -0.909. The molecule has 709 valence electrons. The van der Waals surface area contributed by atoms with Crippen LogP contribution < -0.4 is 44.4 Å². The number of ether oxygens (including phenoxy) is 9. The average molecular weight is 1920 g/mol. The molecule has 4 saturated carbocycles. The van der Waals surface area contributed by atoms with E-state index in [1.165, 1.54) is 21.1 Å². The number of hydrogen-bond acceptors (Lipinski definition) is 24. The fourth-order valence-electron chi connectivity index (χ4n) is 20.8. The zero-order valence-corrected chi connectivity index (χ0v) is 83.0. The van der Waals surface area contributed by atoms with Crippen LogP contribution in [0.1, 0.15) is 236 Å². The molecule has 10 aliphatic rings. The van der Waals surface area contributed by atoms with Crippen LogP contribution >= 0.6 is 0 Å². The third-order valence-corrected chi connectivity index (χ3v) is 28.5. The molecule has 6 bridgehead atoms. The van der Waals surface area contributed by atoms with Crippen LogP contribution in [0.5, 0.6) is 34.9 Å². The van der Waals surface area contributed by atoms with Gasteiger partial charge in [-0.2, -0.15) is 0 Å².